The Labute approximate surface area is 297 Å². The van der Waals surface area contributed by atoms with E-state index < -0.39 is 94.7 Å². The molecule has 0 amide bonds. The number of halogens is 1. The topological polar surface area (TPSA) is 169 Å². The van der Waals surface area contributed by atoms with Crippen molar-refractivity contribution in [2.75, 3.05) is 27.2 Å². The molecule has 7 rings (SSSR count). The van der Waals surface area contributed by atoms with Gasteiger partial charge in [-0.2, -0.15) is 0 Å². The number of nitrogens with zero attached hydrogens (tertiary/aromatic N) is 2. The predicted molar refractivity (Wildman–Crippen MR) is 178 cm³/mol. The third kappa shape index (κ3) is 5.76. The lowest BCUT2D eigenvalue weighted by Crippen LogP contribution is -2.79. The Hall–Kier alpha value is -2.56. The Balaban J connectivity index is 1.32. The number of hydrogen-bond acceptors (Lipinski definition) is 13. The van der Waals surface area contributed by atoms with Crippen LogP contribution in [0.15, 0.2) is 29.5 Å². The number of nitrogens with one attached hydrogen (secondary N) is 1. The van der Waals surface area contributed by atoms with E-state index in [9.17, 15) is 29.3 Å². The molecule has 3 saturated carbocycles. The van der Waals surface area contributed by atoms with E-state index in [1.807, 2.05) is 46.7 Å². The number of fused-ring (bicyclic) bond motifs is 8. The first kappa shape index (κ1) is 36.8. The number of rotatable bonds is 9. The van der Waals surface area contributed by atoms with Crippen molar-refractivity contribution in [1.29, 1.82) is 0 Å². The number of aliphatic hydroxyl groups excluding tert-OH is 2. The van der Waals surface area contributed by atoms with Gasteiger partial charge in [0.15, 0.2) is 18.0 Å². The molecule has 4 N–H and O–H groups in total. The molecular formula is C37H52FN3O10. The van der Waals surface area contributed by atoms with Crippen molar-refractivity contribution in [3.8, 4) is 0 Å². The highest BCUT2D eigenvalue weighted by atomic mass is 19.1. The van der Waals surface area contributed by atoms with Gasteiger partial charge in [-0.05, 0) is 70.0 Å². The molecule has 2 aliphatic heterocycles. The van der Waals surface area contributed by atoms with Crippen LogP contribution in [-0.2, 0) is 33.3 Å². The molecule has 2 bridgehead atoms. The fraction of sp³-hybridized carbons (Fsp3) is 0.757. The fourth-order valence-electron chi connectivity index (χ4n) is 9.98. The Bertz CT molecular complexity index is 1590. The van der Waals surface area contributed by atoms with Gasteiger partial charge in [0, 0.05) is 48.9 Å². The minimum absolute atomic E-state index is 0.0131. The summed E-state index contributed by atoms with van der Waals surface area (Å²) in [7, 11) is 3.82. The maximum absolute atomic E-state index is 14.9. The first-order valence-corrected chi connectivity index (χ1v) is 18.1. The molecular weight excluding hydrogens is 665 g/mol. The molecule has 2 saturated heterocycles. The molecule has 3 heterocycles. The summed E-state index contributed by atoms with van der Waals surface area (Å²) < 4.78 is 46.6. The zero-order chi connectivity index (χ0) is 36.8. The van der Waals surface area contributed by atoms with Crippen LogP contribution in [0.4, 0.5) is 4.39 Å². The molecule has 1 unspecified atom stereocenters. The second-order valence-electron chi connectivity index (χ2n) is 16.6. The normalized spacial score (nSPS) is 40.9. The summed E-state index contributed by atoms with van der Waals surface area (Å²) in [5.74, 6) is -3.10. The van der Waals surface area contributed by atoms with Gasteiger partial charge in [-0.15, -0.1) is 0 Å². The molecule has 14 heteroatoms. The van der Waals surface area contributed by atoms with Gasteiger partial charge < -0.3 is 49.2 Å². The van der Waals surface area contributed by atoms with E-state index in [2.05, 4.69) is 10.3 Å². The van der Waals surface area contributed by atoms with Gasteiger partial charge in [-0.1, -0.05) is 20.8 Å². The SMILES string of the molecule is CC(=O)O[C@@]12CO[C@@H]1CC[C@@]1(C)[C@@H]3O[C@H](CN(C)C)O[C@@H]3C3=C(C)[C@@H](OC(=O)[C@H](O)[C@@H](NC4CC4)c4ncccc4F)CC(O)([C@@H](O)[C@@H]12)C3(C)C. The Morgan fingerprint density at radius 2 is 1.92 bits per heavy atom. The molecule has 12 atom stereocenters. The second kappa shape index (κ2) is 12.8. The summed E-state index contributed by atoms with van der Waals surface area (Å²) in [6.07, 6.45) is -3.16. The third-order valence-electron chi connectivity index (χ3n) is 12.7. The molecule has 1 aromatic rings. The molecule has 5 fully saturated rings. The lowest BCUT2D eigenvalue weighted by molar-refractivity contribution is -0.346. The van der Waals surface area contributed by atoms with Gasteiger partial charge in [0.05, 0.1) is 30.6 Å². The highest BCUT2D eigenvalue weighted by Crippen LogP contribution is 2.66. The summed E-state index contributed by atoms with van der Waals surface area (Å²) in [4.78, 5) is 32.6. The van der Waals surface area contributed by atoms with Gasteiger partial charge >= 0.3 is 11.9 Å². The number of pyridine rings is 1. The van der Waals surface area contributed by atoms with Gasteiger partial charge in [-0.3, -0.25) is 9.78 Å². The lowest BCUT2D eigenvalue weighted by Gasteiger charge is -2.67. The Morgan fingerprint density at radius 3 is 2.53 bits per heavy atom. The molecule has 1 aromatic heterocycles. The molecule has 0 spiro atoms. The van der Waals surface area contributed by atoms with Crippen molar-refractivity contribution < 1.29 is 53.0 Å². The van der Waals surface area contributed by atoms with Crippen molar-refractivity contribution in [2.45, 2.75) is 133 Å². The highest BCUT2D eigenvalue weighted by Gasteiger charge is 2.76. The van der Waals surface area contributed by atoms with E-state index in [0.29, 0.717) is 30.5 Å². The smallest absolute Gasteiger partial charge is 0.337 e. The van der Waals surface area contributed by atoms with E-state index in [1.165, 1.54) is 25.3 Å². The monoisotopic (exact) mass is 717 g/mol. The fourth-order valence-corrected chi connectivity index (χ4v) is 9.98. The number of aliphatic hydroxyl groups is 3. The molecule has 0 aromatic carbocycles. The third-order valence-corrected chi connectivity index (χ3v) is 12.7. The van der Waals surface area contributed by atoms with Crippen LogP contribution in [0.25, 0.3) is 0 Å². The van der Waals surface area contributed by atoms with Gasteiger partial charge in [0.2, 0.25) is 0 Å². The molecule has 13 nitrogen and oxygen atoms in total. The summed E-state index contributed by atoms with van der Waals surface area (Å²) in [5.41, 5.74) is -4.10. The van der Waals surface area contributed by atoms with Crippen molar-refractivity contribution >= 4 is 11.9 Å². The standard InChI is InChI=1S/C37H52FN3O10/c1-18-22(48-33(45)28(43)27(40-20-10-11-20)26-21(38)9-8-14-39-26)15-37(46)31(44)30-35(5,13-12-23-36(30,17-47-23)51-19(2)42)32-29(25(18)34(37,3)4)49-24(50-32)16-41(6)7/h8-9,14,20,22-24,27-32,40,43-44,46H,10-13,15-17H2,1-7H3/t22-,23+,24+,27-,28+,29+,30-,31-,32+,35+,36-,37?/m0/s1. The zero-order valence-electron chi connectivity index (χ0n) is 30.4. The van der Waals surface area contributed by atoms with Crippen molar-refractivity contribution in [3.63, 3.8) is 0 Å². The molecule has 0 radical (unpaired) electrons. The van der Waals surface area contributed by atoms with Crippen LogP contribution in [0.3, 0.4) is 0 Å². The predicted octanol–water partition coefficient (Wildman–Crippen LogP) is 1.93. The number of likely N-dealkylation sites (N-methyl/N-ethyl adjacent to an activating group) is 1. The number of aromatic nitrogens is 1. The van der Waals surface area contributed by atoms with Crippen LogP contribution >= 0.6 is 0 Å². The quantitative estimate of drug-likeness (QED) is 0.216. The average Bonchev–Trinajstić information content (AvgIpc) is 3.77. The van der Waals surface area contributed by atoms with Crippen LogP contribution in [-0.4, -0.2) is 125 Å². The summed E-state index contributed by atoms with van der Waals surface area (Å²) >= 11 is 0. The van der Waals surface area contributed by atoms with Crippen molar-refractivity contribution in [2.24, 2.45) is 16.7 Å². The van der Waals surface area contributed by atoms with E-state index in [4.69, 9.17) is 23.7 Å². The van der Waals surface area contributed by atoms with E-state index in [-0.39, 0.29) is 24.8 Å². The zero-order valence-corrected chi connectivity index (χ0v) is 30.4. The van der Waals surface area contributed by atoms with E-state index >= 15 is 0 Å². The number of hydrogen-bond donors (Lipinski definition) is 4. The van der Waals surface area contributed by atoms with Crippen LogP contribution in [0.5, 0.6) is 0 Å². The van der Waals surface area contributed by atoms with Crippen LogP contribution in [0.2, 0.25) is 0 Å². The number of carbonyl (C=O) groups is 2. The lowest BCUT2D eigenvalue weighted by atomic mass is 9.45. The minimum Gasteiger partial charge on any atom is -0.456 e. The number of ether oxygens (including phenoxy) is 5. The van der Waals surface area contributed by atoms with E-state index in [1.54, 1.807) is 0 Å². The second-order valence-corrected chi connectivity index (χ2v) is 16.6. The van der Waals surface area contributed by atoms with Crippen molar-refractivity contribution in [3.05, 3.63) is 41.0 Å². The Morgan fingerprint density at radius 1 is 1.20 bits per heavy atom. The number of carbonyl (C=O) groups excluding carboxylic acids is 2. The largest absolute Gasteiger partial charge is 0.456 e. The first-order valence-electron chi connectivity index (χ1n) is 18.1. The summed E-state index contributed by atoms with van der Waals surface area (Å²) in [5, 5.41) is 40.4. The number of esters is 2. The van der Waals surface area contributed by atoms with Crippen LogP contribution < -0.4 is 5.32 Å². The maximum Gasteiger partial charge on any atom is 0.337 e. The average molecular weight is 718 g/mol. The van der Waals surface area contributed by atoms with Crippen LogP contribution in [0.1, 0.15) is 78.5 Å². The maximum atomic E-state index is 14.9. The molecule has 51 heavy (non-hydrogen) atoms. The van der Waals surface area contributed by atoms with Gasteiger partial charge in [0.25, 0.3) is 0 Å². The summed E-state index contributed by atoms with van der Waals surface area (Å²) in [6.45, 7) is 9.27. The van der Waals surface area contributed by atoms with Gasteiger partial charge in [0.1, 0.15) is 29.7 Å². The summed E-state index contributed by atoms with van der Waals surface area (Å²) in [6, 6.07) is 1.45. The van der Waals surface area contributed by atoms with Crippen molar-refractivity contribution in [1.82, 2.24) is 15.2 Å². The van der Waals surface area contributed by atoms with Crippen LogP contribution in [0, 0.1) is 22.6 Å². The molecule has 4 aliphatic carbocycles. The van der Waals surface area contributed by atoms with E-state index in [0.717, 1.165) is 12.8 Å². The Kier molecular flexibility index (Phi) is 9.22. The minimum atomic E-state index is -1.96. The van der Waals surface area contributed by atoms with Gasteiger partial charge in [-0.25, -0.2) is 9.18 Å². The molecule has 282 valence electrons. The molecule has 6 aliphatic rings. The first-order chi connectivity index (χ1) is 23.9. The highest BCUT2D eigenvalue weighted by molar-refractivity contribution is 5.76.